The summed E-state index contributed by atoms with van der Waals surface area (Å²) in [6, 6.07) is 3.65. The molecule has 0 aromatic carbocycles. The Labute approximate surface area is 100 Å². The summed E-state index contributed by atoms with van der Waals surface area (Å²) in [5.74, 6) is 1.21. The van der Waals surface area contributed by atoms with E-state index in [1.54, 1.807) is 17.1 Å². The van der Waals surface area contributed by atoms with Crippen molar-refractivity contribution in [2.45, 2.75) is 26.4 Å². The molecule has 5 heteroatoms. The molecule has 0 saturated heterocycles. The van der Waals surface area contributed by atoms with Crippen molar-refractivity contribution in [2.24, 2.45) is 5.73 Å². The lowest BCUT2D eigenvalue weighted by molar-refractivity contribution is 0.451. The van der Waals surface area contributed by atoms with E-state index in [0.29, 0.717) is 11.6 Å². The minimum atomic E-state index is -0.111. The zero-order valence-corrected chi connectivity index (χ0v) is 10.00. The molecule has 0 radical (unpaired) electrons. The highest BCUT2D eigenvalue weighted by atomic mass is 16.5. The summed E-state index contributed by atoms with van der Waals surface area (Å²) >= 11 is 0. The van der Waals surface area contributed by atoms with Gasteiger partial charge in [-0.1, -0.05) is 6.07 Å². The van der Waals surface area contributed by atoms with Gasteiger partial charge in [0, 0.05) is 24.3 Å². The first-order valence-electron chi connectivity index (χ1n) is 5.61. The molecule has 2 aromatic heterocycles. The molecule has 17 heavy (non-hydrogen) atoms. The molecule has 1 atom stereocenters. The quantitative estimate of drug-likeness (QED) is 0.876. The number of nitrogens with zero attached hydrogens (tertiary/aromatic N) is 3. The van der Waals surface area contributed by atoms with Gasteiger partial charge in [0.25, 0.3) is 0 Å². The normalized spacial score (nSPS) is 12.4. The molecule has 2 aromatic rings. The van der Waals surface area contributed by atoms with Gasteiger partial charge in [-0.15, -0.1) is 0 Å². The minimum absolute atomic E-state index is 0.111. The minimum Gasteiger partial charge on any atom is -0.435 e. The SMILES string of the molecule is CCn1cc(Oc2ncccc2[C@H](C)N)cn1. The van der Waals surface area contributed by atoms with Crippen molar-refractivity contribution >= 4 is 0 Å². The lowest BCUT2D eigenvalue weighted by Crippen LogP contribution is -2.07. The fourth-order valence-corrected chi connectivity index (χ4v) is 1.52. The third-order valence-electron chi connectivity index (χ3n) is 2.44. The van der Waals surface area contributed by atoms with Gasteiger partial charge >= 0.3 is 0 Å². The fourth-order valence-electron chi connectivity index (χ4n) is 1.52. The van der Waals surface area contributed by atoms with E-state index >= 15 is 0 Å². The number of ether oxygens (including phenoxy) is 1. The Kier molecular flexibility index (Phi) is 3.39. The van der Waals surface area contributed by atoms with Crippen molar-refractivity contribution in [1.29, 1.82) is 0 Å². The van der Waals surface area contributed by atoms with Crippen molar-refractivity contribution in [3.63, 3.8) is 0 Å². The number of aromatic nitrogens is 3. The summed E-state index contributed by atoms with van der Waals surface area (Å²) in [7, 11) is 0. The first kappa shape index (κ1) is 11.6. The van der Waals surface area contributed by atoms with E-state index in [0.717, 1.165) is 12.1 Å². The third kappa shape index (κ3) is 2.62. The van der Waals surface area contributed by atoms with Crippen LogP contribution in [-0.4, -0.2) is 14.8 Å². The average molecular weight is 232 g/mol. The Morgan fingerprint density at radius 3 is 3.00 bits per heavy atom. The van der Waals surface area contributed by atoms with E-state index in [4.69, 9.17) is 10.5 Å². The maximum absolute atomic E-state index is 5.86. The summed E-state index contributed by atoms with van der Waals surface area (Å²) in [6.45, 7) is 4.73. The average Bonchev–Trinajstić information content (AvgIpc) is 2.77. The Morgan fingerprint density at radius 2 is 2.35 bits per heavy atom. The Morgan fingerprint density at radius 1 is 1.53 bits per heavy atom. The molecule has 90 valence electrons. The maximum Gasteiger partial charge on any atom is 0.224 e. The van der Waals surface area contributed by atoms with Gasteiger partial charge in [-0.2, -0.15) is 5.10 Å². The number of pyridine rings is 1. The van der Waals surface area contributed by atoms with Gasteiger partial charge in [0.1, 0.15) is 0 Å². The Bertz CT molecular complexity index is 493. The van der Waals surface area contributed by atoms with Crippen molar-refractivity contribution in [3.05, 3.63) is 36.3 Å². The first-order valence-corrected chi connectivity index (χ1v) is 5.61. The molecule has 2 heterocycles. The second-order valence-electron chi connectivity index (χ2n) is 3.82. The predicted octanol–water partition coefficient (Wildman–Crippen LogP) is 2.11. The van der Waals surface area contributed by atoms with E-state index < -0.39 is 0 Å². The summed E-state index contributed by atoms with van der Waals surface area (Å²) in [4.78, 5) is 4.19. The molecule has 0 unspecified atom stereocenters. The number of hydrogen-bond donors (Lipinski definition) is 1. The second kappa shape index (κ2) is 4.97. The lowest BCUT2D eigenvalue weighted by atomic mass is 10.1. The highest BCUT2D eigenvalue weighted by molar-refractivity contribution is 5.32. The molecule has 0 aliphatic rings. The van der Waals surface area contributed by atoms with E-state index in [2.05, 4.69) is 10.1 Å². The van der Waals surface area contributed by atoms with Crippen LogP contribution in [0.4, 0.5) is 0 Å². The number of hydrogen-bond acceptors (Lipinski definition) is 4. The second-order valence-corrected chi connectivity index (χ2v) is 3.82. The zero-order valence-electron chi connectivity index (χ0n) is 10.00. The van der Waals surface area contributed by atoms with Crippen LogP contribution < -0.4 is 10.5 Å². The highest BCUT2D eigenvalue weighted by Crippen LogP contribution is 2.25. The third-order valence-corrected chi connectivity index (χ3v) is 2.44. The van der Waals surface area contributed by atoms with Crippen LogP contribution in [0.15, 0.2) is 30.7 Å². The van der Waals surface area contributed by atoms with Crippen LogP contribution in [0.25, 0.3) is 0 Å². The first-order chi connectivity index (χ1) is 8.20. The van der Waals surface area contributed by atoms with Gasteiger partial charge in [0.2, 0.25) is 5.88 Å². The summed E-state index contributed by atoms with van der Waals surface area (Å²) in [5.41, 5.74) is 6.74. The van der Waals surface area contributed by atoms with Gasteiger partial charge in [-0.3, -0.25) is 4.68 Å². The van der Waals surface area contributed by atoms with Crippen molar-refractivity contribution < 1.29 is 4.74 Å². The molecule has 0 spiro atoms. The molecule has 0 amide bonds. The zero-order chi connectivity index (χ0) is 12.3. The van der Waals surface area contributed by atoms with Crippen LogP contribution >= 0.6 is 0 Å². The standard InChI is InChI=1S/C12H16N4O/c1-3-16-8-10(7-15-16)17-12-11(9(2)13)5-4-6-14-12/h4-9H,3,13H2,1-2H3/t9-/m0/s1. The molecule has 0 fully saturated rings. The van der Waals surface area contributed by atoms with Crippen LogP contribution in [0.2, 0.25) is 0 Å². The van der Waals surface area contributed by atoms with Crippen LogP contribution in [0.1, 0.15) is 25.5 Å². The van der Waals surface area contributed by atoms with Crippen molar-refractivity contribution in [3.8, 4) is 11.6 Å². The number of aryl methyl sites for hydroxylation is 1. The molecule has 5 nitrogen and oxygen atoms in total. The van der Waals surface area contributed by atoms with Gasteiger partial charge in [-0.05, 0) is 19.9 Å². The van der Waals surface area contributed by atoms with E-state index in [-0.39, 0.29) is 6.04 Å². The van der Waals surface area contributed by atoms with Crippen molar-refractivity contribution in [1.82, 2.24) is 14.8 Å². The van der Waals surface area contributed by atoms with E-state index in [1.807, 2.05) is 32.2 Å². The van der Waals surface area contributed by atoms with Crippen LogP contribution in [0.5, 0.6) is 11.6 Å². The molecule has 2 N–H and O–H groups in total. The summed E-state index contributed by atoms with van der Waals surface area (Å²) in [6.07, 6.45) is 5.19. The monoisotopic (exact) mass is 232 g/mol. The molecular weight excluding hydrogens is 216 g/mol. The fraction of sp³-hybridized carbons (Fsp3) is 0.333. The van der Waals surface area contributed by atoms with Gasteiger partial charge in [0.05, 0.1) is 12.4 Å². The van der Waals surface area contributed by atoms with E-state index in [9.17, 15) is 0 Å². The highest BCUT2D eigenvalue weighted by Gasteiger charge is 2.10. The Hall–Kier alpha value is -1.88. The maximum atomic E-state index is 5.86. The molecule has 0 bridgehead atoms. The van der Waals surface area contributed by atoms with Crippen LogP contribution in [-0.2, 0) is 6.54 Å². The summed E-state index contributed by atoms with van der Waals surface area (Å²) in [5, 5.41) is 4.14. The molecular formula is C12H16N4O. The van der Waals surface area contributed by atoms with Gasteiger partial charge < -0.3 is 10.5 Å². The van der Waals surface area contributed by atoms with Crippen molar-refractivity contribution in [2.75, 3.05) is 0 Å². The van der Waals surface area contributed by atoms with E-state index in [1.165, 1.54) is 0 Å². The molecule has 2 rings (SSSR count). The van der Waals surface area contributed by atoms with Crippen LogP contribution in [0.3, 0.4) is 0 Å². The topological polar surface area (TPSA) is 66.0 Å². The molecule has 0 saturated carbocycles. The smallest absolute Gasteiger partial charge is 0.224 e. The predicted molar refractivity (Wildman–Crippen MR) is 64.8 cm³/mol. The van der Waals surface area contributed by atoms with Crippen LogP contribution in [0, 0.1) is 0 Å². The largest absolute Gasteiger partial charge is 0.435 e. The molecule has 0 aliphatic heterocycles. The van der Waals surface area contributed by atoms with Gasteiger partial charge in [0.15, 0.2) is 5.75 Å². The number of nitrogens with two attached hydrogens (primary N) is 1. The molecule has 0 aliphatic carbocycles. The number of rotatable bonds is 4. The van der Waals surface area contributed by atoms with Gasteiger partial charge in [-0.25, -0.2) is 4.98 Å². The lowest BCUT2D eigenvalue weighted by Gasteiger charge is -2.10. The Balaban J connectivity index is 2.23. The summed E-state index contributed by atoms with van der Waals surface area (Å²) < 4.78 is 7.47.